The zero-order valence-electron chi connectivity index (χ0n) is 12.5. The summed E-state index contributed by atoms with van der Waals surface area (Å²) in [5.41, 5.74) is -0.672. The van der Waals surface area contributed by atoms with E-state index in [0.717, 1.165) is 39.0 Å². The monoisotopic (exact) mass is 313 g/mol. The Bertz CT molecular complexity index is 443. The Morgan fingerprint density at radius 3 is 2.57 bits per heavy atom. The van der Waals surface area contributed by atoms with Crippen molar-refractivity contribution < 1.29 is 14.3 Å². The number of carbonyl (C=O) groups is 2. The van der Waals surface area contributed by atoms with E-state index in [0.29, 0.717) is 18.8 Å². The molecule has 118 valence electrons. The SMILES string of the molecule is CN(CC1CCOC1)C1(P)CCC2(CC1)NC(=O)NC2=O. The van der Waals surface area contributed by atoms with Gasteiger partial charge in [-0.2, -0.15) is 0 Å². The number of nitrogens with zero attached hydrogens (tertiary/aromatic N) is 1. The topological polar surface area (TPSA) is 70.7 Å². The summed E-state index contributed by atoms with van der Waals surface area (Å²) in [4.78, 5) is 25.8. The normalized spacial score (nSPS) is 39.9. The Hall–Kier alpha value is -0.710. The molecule has 2 aliphatic heterocycles. The van der Waals surface area contributed by atoms with Gasteiger partial charge in [0, 0.05) is 18.4 Å². The van der Waals surface area contributed by atoms with E-state index in [9.17, 15) is 9.59 Å². The van der Waals surface area contributed by atoms with Crippen molar-refractivity contribution >= 4 is 21.2 Å². The average Bonchev–Trinajstić information content (AvgIpc) is 3.03. The highest BCUT2D eigenvalue weighted by Crippen LogP contribution is 2.43. The molecule has 3 amide bonds. The van der Waals surface area contributed by atoms with Crippen molar-refractivity contribution in [1.82, 2.24) is 15.5 Å². The minimum Gasteiger partial charge on any atom is -0.381 e. The highest BCUT2D eigenvalue weighted by atomic mass is 31.0. The Morgan fingerprint density at radius 1 is 1.33 bits per heavy atom. The van der Waals surface area contributed by atoms with Crippen LogP contribution < -0.4 is 10.6 Å². The molecule has 21 heavy (non-hydrogen) atoms. The van der Waals surface area contributed by atoms with Crippen LogP contribution in [0.25, 0.3) is 0 Å². The van der Waals surface area contributed by atoms with Crippen molar-refractivity contribution in [2.75, 3.05) is 26.8 Å². The molecule has 2 unspecified atom stereocenters. The van der Waals surface area contributed by atoms with Crippen molar-refractivity contribution in [1.29, 1.82) is 0 Å². The predicted molar refractivity (Wildman–Crippen MR) is 81.9 cm³/mol. The van der Waals surface area contributed by atoms with Gasteiger partial charge in [-0.25, -0.2) is 4.79 Å². The van der Waals surface area contributed by atoms with Crippen LogP contribution in [0.2, 0.25) is 0 Å². The number of carbonyl (C=O) groups excluding carboxylic acids is 2. The lowest BCUT2D eigenvalue weighted by molar-refractivity contribution is -0.125. The van der Waals surface area contributed by atoms with Crippen LogP contribution in [0, 0.1) is 5.92 Å². The number of ether oxygens (including phenoxy) is 1. The van der Waals surface area contributed by atoms with Gasteiger partial charge in [0.1, 0.15) is 5.54 Å². The number of hydrogen-bond acceptors (Lipinski definition) is 4. The van der Waals surface area contributed by atoms with Gasteiger partial charge >= 0.3 is 6.03 Å². The number of imide groups is 1. The molecular weight excluding hydrogens is 289 g/mol. The molecule has 1 spiro atoms. The summed E-state index contributed by atoms with van der Waals surface area (Å²) in [5.74, 6) is 0.448. The van der Waals surface area contributed by atoms with Crippen molar-refractivity contribution in [3.05, 3.63) is 0 Å². The molecule has 0 aromatic rings. The third-order valence-corrected chi connectivity index (χ3v) is 6.32. The van der Waals surface area contributed by atoms with Gasteiger partial charge in [0.05, 0.1) is 6.61 Å². The van der Waals surface area contributed by atoms with E-state index in [1.165, 1.54) is 0 Å². The fourth-order valence-corrected chi connectivity index (χ4v) is 4.06. The number of hydrogen-bond donors (Lipinski definition) is 2. The van der Waals surface area contributed by atoms with E-state index >= 15 is 0 Å². The molecule has 0 radical (unpaired) electrons. The first-order valence-corrected chi connectivity index (χ1v) is 8.23. The van der Waals surface area contributed by atoms with E-state index in [-0.39, 0.29) is 17.2 Å². The summed E-state index contributed by atoms with van der Waals surface area (Å²) >= 11 is 0. The van der Waals surface area contributed by atoms with Crippen LogP contribution in [-0.4, -0.2) is 54.5 Å². The van der Waals surface area contributed by atoms with Crippen LogP contribution in [0.1, 0.15) is 32.1 Å². The van der Waals surface area contributed by atoms with Crippen molar-refractivity contribution in [2.24, 2.45) is 5.92 Å². The molecule has 2 heterocycles. The molecule has 2 N–H and O–H groups in total. The van der Waals surface area contributed by atoms with Gasteiger partial charge in [-0.1, -0.05) is 0 Å². The van der Waals surface area contributed by atoms with Crippen molar-refractivity contribution in [2.45, 2.75) is 42.9 Å². The number of nitrogens with one attached hydrogen (secondary N) is 2. The largest absolute Gasteiger partial charge is 0.381 e. The van der Waals surface area contributed by atoms with Gasteiger partial charge in [0.2, 0.25) is 0 Å². The highest BCUT2D eigenvalue weighted by Gasteiger charge is 2.51. The number of rotatable bonds is 3. The summed E-state index contributed by atoms with van der Waals surface area (Å²) in [6.45, 7) is 2.75. The fraction of sp³-hybridized carbons (Fsp3) is 0.857. The van der Waals surface area contributed by atoms with E-state index < -0.39 is 5.54 Å². The van der Waals surface area contributed by atoms with E-state index in [4.69, 9.17) is 4.74 Å². The quantitative estimate of drug-likeness (QED) is 0.594. The summed E-state index contributed by atoms with van der Waals surface area (Å²) in [6.07, 6.45) is 4.29. The highest BCUT2D eigenvalue weighted by molar-refractivity contribution is 7.18. The van der Waals surface area contributed by atoms with Gasteiger partial charge < -0.3 is 10.1 Å². The molecule has 7 heteroatoms. The molecule has 3 rings (SSSR count). The van der Waals surface area contributed by atoms with E-state index in [1.807, 2.05) is 0 Å². The van der Waals surface area contributed by atoms with Gasteiger partial charge in [-0.15, -0.1) is 9.24 Å². The van der Waals surface area contributed by atoms with Gasteiger partial charge in [-0.05, 0) is 45.1 Å². The molecule has 1 aliphatic carbocycles. The third-order valence-electron chi connectivity index (χ3n) is 5.30. The maximum Gasteiger partial charge on any atom is 0.322 e. The average molecular weight is 313 g/mol. The van der Waals surface area contributed by atoms with Crippen LogP contribution in [0.5, 0.6) is 0 Å². The lowest BCUT2D eigenvalue weighted by atomic mass is 9.78. The second kappa shape index (κ2) is 5.49. The zero-order chi connectivity index (χ0) is 15.1. The van der Waals surface area contributed by atoms with Crippen LogP contribution in [0.3, 0.4) is 0 Å². The summed E-state index contributed by atoms with van der Waals surface area (Å²) in [6, 6.07) is -0.354. The van der Waals surface area contributed by atoms with E-state index in [1.54, 1.807) is 0 Å². The van der Waals surface area contributed by atoms with Crippen LogP contribution in [0.15, 0.2) is 0 Å². The summed E-state index contributed by atoms with van der Waals surface area (Å²) in [7, 11) is 5.13. The first-order valence-electron chi connectivity index (χ1n) is 7.65. The van der Waals surface area contributed by atoms with Gasteiger partial charge in [-0.3, -0.25) is 15.0 Å². The third kappa shape index (κ3) is 2.81. The second-order valence-corrected chi connectivity index (χ2v) is 7.78. The smallest absolute Gasteiger partial charge is 0.322 e. The standard InChI is InChI=1S/C14H24N3O3P/c1-17(8-10-2-7-20-9-10)14(21)5-3-13(4-6-14)11(18)15-12(19)16-13/h10H,2-9,21H2,1H3,(H2,15,16,18,19). The molecular formula is C14H24N3O3P. The molecule has 0 bridgehead atoms. The minimum atomic E-state index is -0.672. The molecule has 3 fully saturated rings. The van der Waals surface area contributed by atoms with Gasteiger partial charge in [0.15, 0.2) is 0 Å². The summed E-state index contributed by atoms with van der Waals surface area (Å²) in [5, 5.41) is 5.20. The van der Waals surface area contributed by atoms with Crippen molar-refractivity contribution in [3.63, 3.8) is 0 Å². The lowest BCUT2D eigenvalue weighted by Gasteiger charge is -2.46. The molecule has 0 aromatic heterocycles. The molecule has 2 atom stereocenters. The fourth-order valence-electron chi connectivity index (χ4n) is 3.67. The first-order chi connectivity index (χ1) is 9.93. The van der Waals surface area contributed by atoms with Crippen molar-refractivity contribution in [3.8, 4) is 0 Å². The molecule has 3 aliphatic rings. The lowest BCUT2D eigenvalue weighted by Crippen LogP contribution is -2.56. The maximum atomic E-state index is 12.0. The Balaban J connectivity index is 1.60. The van der Waals surface area contributed by atoms with E-state index in [2.05, 4.69) is 31.8 Å². The Morgan fingerprint density at radius 2 is 2.05 bits per heavy atom. The Labute approximate surface area is 127 Å². The number of amides is 3. The summed E-state index contributed by atoms with van der Waals surface area (Å²) < 4.78 is 5.45. The van der Waals surface area contributed by atoms with Crippen LogP contribution >= 0.6 is 9.24 Å². The molecule has 2 saturated heterocycles. The molecule has 6 nitrogen and oxygen atoms in total. The van der Waals surface area contributed by atoms with Crippen LogP contribution in [0.4, 0.5) is 4.79 Å². The van der Waals surface area contributed by atoms with Gasteiger partial charge in [0.25, 0.3) is 5.91 Å². The Kier molecular flexibility index (Phi) is 3.97. The van der Waals surface area contributed by atoms with Crippen LogP contribution in [-0.2, 0) is 9.53 Å². The second-order valence-electron chi connectivity index (χ2n) is 6.70. The predicted octanol–water partition coefficient (Wildman–Crippen LogP) is 0.678. The molecule has 0 aromatic carbocycles. The minimum absolute atomic E-state index is 0.0153. The number of urea groups is 1. The maximum absolute atomic E-state index is 12.0. The first kappa shape index (κ1) is 15.2. The molecule has 1 saturated carbocycles. The zero-order valence-corrected chi connectivity index (χ0v) is 13.6.